The quantitative estimate of drug-likeness (QED) is 0.203. The molecule has 3 rings (SSSR count). The summed E-state index contributed by atoms with van der Waals surface area (Å²) in [5.74, 6) is -2.05. The molecule has 0 radical (unpaired) electrons. The van der Waals surface area contributed by atoms with Crippen LogP contribution < -0.4 is 10.1 Å². The molecular weight excluding hydrogens is 514 g/mol. The van der Waals surface area contributed by atoms with Crippen molar-refractivity contribution in [1.82, 2.24) is 5.32 Å². The third-order valence-corrected chi connectivity index (χ3v) is 5.40. The Morgan fingerprint density at radius 2 is 1.56 bits per heavy atom. The molecule has 0 bridgehead atoms. The molecule has 12 heteroatoms. The summed E-state index contributed by atoms with van der Waals surface area (Å²) in [6, 6.07) is 8.38. The molecule has 1 amide bonds. The highest BCUT2D eigenvalue weighted by Crippen LogP contribution is 2.29. The molecule has 1 aliphatic rings. The number of allylic oxidation sites excluding steroid dienone is 1. The lowest BCUT2D eigenvalue weighted by atomic mass is 9.96. The van der Waals surface area contributed by atoms with E-state index in [1.807, 2.05) is 0 Å². The van der Waals surface area contributed by atoms with Gasteiger partial charge in [0.2, 0.25) is 12.2 Å². The van der Waals surface area contributed by atoms with Gasteiger partial charge in [0, 0.05) is 33.3 Å². The first-order chi connectivity index (χ1) is 18.5. The number of ketones is 1. The van der Waals surface area contributed by atoms with Crippen molar-refractivity contribution in [3.8, 4) is 5.75 Å². The Balaban J connectivity index is 1.86. The Kier molecular flexibility index (Phi) is 9.98. The van der Waals surface area contributed by atoms with Gasteiger partial charge in [-0.15, -0.1) is 0 Å². The number of carbonyl (C=O) groups is 5. The van der Waals surface area contributed by atoms with E-state index in [0.29, 0.717) is 11.3 Å². The molecule has 1 aromatic carbocycles. The van der Waals surface area contributed by atoms with Crippen LogP contribution in [0.1, 0.15) is 43.8 Å². The van der Waals surface area contributed by atoms with Gasteiger partial charge >= 0.3 is 17.9 Å². The van der Waals surface area contributed by atoms with E-state index in [2.05, 4.69) is 5.32 Å². The van der Waals surface area contributed by atoms with Crippen molar-refractivity contribution in [2.75, 3.05) is 6.61 Å². The minimum atomic E-state index is -1.27. The zero-order valence-electron chi connectivity index (χ0n) is 21.8. The first-order valence-electron chi connectivity index (χ1n) is 12.0. The zero-order valence-corrected chi connectivity index (χ0v) is 21.8. The number of hydrogen-bond acceptors (Lipinski definition) is 11. The molecule has 12 nitrogen and oxygen atoms in total. The highest BCUT2D eigenvalue weighted by molar-refractivity contribution is 6.06. The summed E-state index contributed by atoms with van der Waals surface area (Å²) in [6.45, 7) is 4.37. The van der Waals surface area contributed by atoms with E-state index in [0.717, 1.165) is 13.8 Å². The lowest BCUT2D eigenvalue weighted by Gasteiger charge is -2.44. The third-order valence-electron chi connectivity index (χ3n) is 5.40. The lowest BCUT2D eigenvalue weighted by Crippen LogP contribution is -2.67. The average molecular weight is 544 g/mol. The van der Waals surface area contributed by atoms with E-state index in [-0.39, 0.29) is 18.1 Å². The minimum Gasteiger partial charge on any atom is -0.465 e. The molecule has 0 spiro atoms. The summed E-state index contributed by atoms with van der Waals surface area (Å²) < 4.78 is 33.0. The molecule has 0 saturated carbocycles. The van der Waals surface area contributed by atoms with Gasteiger partial charge in [-0.25, -0.2) is 0 Å². The molecule has 5 atom stereocenters. The summed E-state index contributed by atoms with van der Waals surface area (Å²) in [7, 11) is 0. The van der Waals surface area contributed by atoms with Gasteiger partial charge in [0.05, 0.1) is 6.26 Å². The number of carbonyl (C=O) groups excluding carboxylic acids is 5. The van der Waals surface area contributed by atoms with E-state index >= 15 is 0 Å². The lowest BCUT2D eigenvalue weighted by molar-refractivity contribution is -0.257. The summed E-state index contributed by atoms with van der Waals surface area (Å²) in [6.07, 6.45) is -0.459. The molecule has 1 saturated heterocycles. The molecule has 2 aromatic rings. The van der Waals surface area contributed by atoms with Crippen molar-refractivity contribution < 1.29 is 52.1 Å². The number of ether oxygens (including phenoxy) is 5. The Bertz CT molecular complexity index is 1200. The second-order valence-corrected chi connectivity index (χ2v) is 8.58. The molecule has 1 aromatic heterocycles. The highest BCUT2D eigenvalue weighted by atomic mass is 16.7. The Morgan fingerprint density at radius 1 is 0.897 bits per heavy atom. The number of rotatable bonds is 10. The molecule has 0 aliphatic carbocycles. The molecule has 1 N–H and O–H groups in total. The molecule has 39 heavy (non-hydrogen) atoms. The maximum Gasteiger partial charge on any atom is 0.303 e. The van der Waals surface area contributed by atoms with Gasteiger partial charge in [0.25, 0.3) is 0 Å². The van der Waals surface area contributed by atoms with Crippen molar-refractivity contribution in [2.24, 2.45) is 0 Å². The molecule has 1 aliphatic heterocycles. The first-order valence-corrected chi connectivity index (χ1v) is 12.0. The van der Waals surface area contributed by atoms with Crippen LogP contribution in [0.4, 0.5) is 0 Å². The van der Waals surface area contributed by atoms with Gasteiger partial charge in [-0.2, -0.15) is 0 Å². The van der Waals surface area contributed by atoms with Crippen LogP contribution in [0.3, 0.4) is 0 Å². The standard InChI is InChI=1S/C27H29NO11/c1-15(29)28-24-26(37-18(4)32)25(36-17(3)31)23(14-35-16(2)30)39-27(24)38-21-9-7-19(8-10-21)22(33)12-11-20-6-5-13-34-20/h5-13,23-27H,14H2,1-4H3,(H,28,29)/b12-11+/t23-,24-,25+,26-,27-/m0/s1. The first kappa shape index (κ1) is 29.1. The van der Waals surface area contributed by atoms with Gasteiger partial charge in [-0.05, 0) is 48.6 Å². The minimum absolute atomic E-state index is 0.251. The van der Waals surface area contributed by atoms with Crippen LogP contribution in [0.2, 0.25) is 0 Å². The van der Waals surface area contributed by atoms with Crippen LogP contribution in [-0.4, -0.2) is 66.8 Å². The summed E-state index contributed by atoms with van der Waals surface area (Å²) in [5.41, 5.74) is 0.369. The predicted molar refractivity (Wildman–Crippen MR) is 133 cm³/mol. The highest BCUT2D eigenvalue weighted by Gasteiger charge is 2.51. The Labute approximate surface area is 224 Å². The van der Waals surface area contributed by atoms with Crippen LogP contribution in [0.5, 0.6) is 5.75 Å². The van der Waals surface area contributed by atoms with Crippen LogP contribution in [0.25, 0.3) is 6.08 Å². The van der Waals surface area contributed by atoms with Crippen molar-refractivity contribution in [1.29, 1.82) is 0 Å². The SMILES string of the molecule is CC(=O)N[C@@H]1[C@@H](Oc2ccc(C(=O)/C=C/c3ccco3)cc2)O[C@@H](COC(C)=O)[C@@H](OC(C)=O)[C@H]1OC(C)=O. The van der Waals surface area contributed by atoms with Crippen LogP contribution in [0.15, 0.2) is 53.2 Å². The van der Waals surface area contributed by atoms with E-state index in [4.69, 9.17) is 28.1 Å². The number of esters is 3. The fourth-order valence-corrected chi connectivity index (χ4v) is 3.86. The van der Waals surface area contributed by atoms with Gasteiger partial charge < -0.3 is 33.4 Å². The van der Waals surface area contributed by atoms with E-state index in [9.17, 15) is 24.0 Å². The van der Waals surface area contributed by atoms with Crippen molar-refractivity contribution in [3.05, 3.63) is 60.1 Å². The molecule has 208 valence electrons. The topological polar surface area (TPSA) is 157 Å². The maximum absolute atomic E-state index is 12.5. The molecular formula is C27H29NO11. The van der Waals surface area contributed by atoms with E-state index < -0.39 is 54.5 Å². The van der Waals surface area contributed by atoms with Crippen molar-refractivity contribution >= 4 is 35.7 Å². The summed E-state index contributed by atoms with van der Waals surface area (Å²) in [4.78, 5) is 59.8. The maximum atomic E-state index is 12.5. The zero-order chi connectivity index (χ0) is 28.5. The Morgan fingerprint density at radius 3 is 2.13 bits per heavy atom. The monoisotopic (exact) mass is 543 g/mol. The van der Waals surface area contributed by atoms with Gasteiger partial charge in [0.15, 0.2) is 18.0 Å². The second kappa shape index (κ2) is 13.4. The van der Waals surface area contributed by atoms with Crippen LogP contribution in [-0.2, 0) is 38.1 Å². The fraction of sp³-hybridized carbons (Fsp3) is 0.370. The number of hydrogen-bond donors (Lipinski definition) is 1. The fourth-order valence-electron chi connectivity index (χ4n) is 3.86. The Hall–Kier alpha value is -4.45. The number of nitrogens with one attached hydrogen (secondary N) is 1. The van der Waals surface area contributed by atoms with Crippen LogP contribution in [0, 0.1) is 0 Å². The van der Waals surface area contributed by atoms with E-state index in [1.54, 1.807) is 18.2 Å². The number of furan rings is 1. The predicted octanol–water partition coefficient (Wildman–Crippen LogP) is 2.21. The largest absolute Gasteiger partial charge is 0.465 e. The van der Waals surface area contributed by atoms with Crippen molar-refractivity contribution in [2.45, 2.75) is 58.3 Å². The summed E-state index contributed by atoms with van der Waals surface area (Å²) >= 11 is 0. The van der Waals surface area contributed by atoms with Gasteiger partial charge in [0.1, 0.15) is 30.3 Å². The third kappa shape index (κ3) is 8.54. The van der Waals surface area contributed by atoms with Gasteiger partial charge in [-0.3, -0.25) is 24.0 Å². The van der Waals surface area contributed by atoms with Crippen LogP contribution >= 0.6 is 0 Å². The smallest absolute Gasteiger partial charge is 0.303 e. The average Bonchev–Trinajstić information content (AvgIpc) is 3.38. The normalized spacial score (nSPS) is 22.5. The number of benzene rings is 1. The molecule has 2 heterocycles. The van der Waals surface area contributed by atoms with E-state index in [1.165, 1.54) is 50.5 Å². The molecule has 1 fully saturated rings. The van der Waals surface area contributed by atoms with Crippen molar-refractivity contribution in [3.63, 3.8) is 0 Å². The second-order valence-electron chi connectivity index (χ2n) is 8.58. The summed E-state index contributed by atoms with van der Waals surface area (Å²) in [5, 5.41) is 2.62. The molecule has 0 unspecified atom stereocenters. The van der Waals surface area contributed by atoms with Gasteiger partial charge in [-0.1, -0.05) is 0 Å². The number of amides is 1.